The number of piperidine rings is 1. The summed E-state index contributed by atoms with van der Waals surface area (Å²) in [5, 5.41) is 17.4. The van der Waals surface area contributed by atoms with E-state index in [4.69, 9.17) is 15.1 Å². The van der Waals surface area contributed by atoms with E-state index in [0.29, 0.717) is 35.2 Å². The molecular weight excluding hydrogens is 620 g/mol. The molecule has 49 heavy (non-hydrogen) atoms. The maximum absolute atomic E-state index is 13.3. The smallest absolute Gasteiger partial charge is 0.255 e. The van der Waals surface area contributed by atoms with Crippen LogP contribution in [0, 0.1) is 11.3 Å². The number of rotatable bonds is 12. The standard InChI is InChI=1S/C37H44N8O4/c1-23-29-6-5-27(18-30(29)37(48)45(23)34-8-9-35(46)43-36(34)47)39-10-2-3-24-15-28(16-24)40-20-26(19-38)33-21-41-31-7-4-25(17-32(31)42-33)22-44-11-13-49-14-12-44/h4-7,17-21,23-24,28,34,38-40H,2-3,8-16,22H2,1H3,(H,43,46,47)/b26-20+,38-19?. The number of anilines is 1. The van der Waals surface area contributed by atoms with Gasteiger partial charge in [-0.3, -0.25) is 29.6 Å². The molecule has 2 atom stereocenters. The minimum Gasteiger partial charge on any atom is -0.388 e. The molecule has 4 N–H and O–H groups in total. The number of nitrogens with zero attached hydrogens (tertiary/aromatic N) is 4. The third-order valence-electron chi connectivity index (χ3n) is 10.3. The molecule has 2 unspecified atom stereocenters. The second-order valence-electron chi connectivity index (χ2n) is 13.6. The van der Waals surface area contributed by atoms with Crippen LogP contribution in [0.3, 0.4) is 0 Å². The van der Waals surface area contributed by atoms with Crippen LogP contribution in [0.2, 0.25) is 0 Å². The van der Waals surface area contributed by atoms with Crippen molar-refractivity contribution >= 4 is 46.2 Å². The van der Waals surface area contributed by atoms with Gasteiger partial charge in [0.15, 0.2) is 0 Å². The Morgan fingerprint density at radius 2 is 1.94 bits per heavy atom. The minimum atomic E-state index is -0.622. The number of carbonyl (C=O) groups excluding carboxylic acids is 3. The van der Waals surface area contributed by atoms with Gasteiger partial charge in [-0.15, -0.1) is 0 Å². The van der Waals surface area contributed by atoms with E-state index in [1.807, 2.05) is 37.4 Å². The zero-order chi connectivity index (χ0) is 33.9. The number of hydrogen-bond donors (Lipinski definition) is 4. The monoisotopic (exact) mass is 664 g/mol. The molecule has 2 saturated heterocycles. The van der Waals surface area contributed by atoms with Gasteiger partial charge in [-0.1, -0.05) is 12.1 Å². The number of nitrogens with one attached hydrogen (secondary N) is 4. The van der Waals surface area contributed by atoms with Gasteiger partial charge < -0.3 is 25.7 Å². The highest BCUT2D eigenvalue weighted by Crippen LogP contribution is 2.38. The van der Waals surface area contributed by atoms with Gasteiger partial charge in [0.1, 0.15) is 6.04 Å². The van der Waals surface area contributed by atoms with Crippen molar-refractivity contribution in [2.24, 2.45) is 5.92 Å². The zero-order valence-electron chi connectivity index (χ0n) is 27.9. The number of benzene rings is 2. The molecule has 3 aliphatic heterocycles. The van der Waals surface area contributed by atoms with Crippen LogP contribution in [0.4, 0.5) is 5.69 Å². The number of morpholine rings is 1. The molecule has 4 heterocycles. The van der Waals surface area contributed by atoms with Gasteiger partial charge in [0.2, 0.25) is 11.8 Å². The Bertz CT molecular complexity index is 1780. The molecule has 3 amide bonds. The summed E-state index contributed by atoms with van der Waals surface area (Å²) in [6.45, 7) is 7.01. The lowest BCUT2D eigenvalue weighted by Crippen LogP contribution is -2.53. The fourth-order valence-corrected chi connectivity index (χ4v) is 7.48. The molecule has 256 valence electrons. The molecule has 1 aliphatic carbocycles. The normalized spacial score (nSPS) is 24.4. The summed E-state index contributed by atoms with van der Waals surface area (Å²) in [5.74, 6) is -0.190. The maximum Gasteiger partial charge on any atom is 0.255 e. The molecule has 7 rings (SSSR count). The van der Waals surface area contributed by atoms with Crippen molar-refractivity contribution in [1.29, 1.82) is 5.41 Å². The van der Waals surface area contributed by atoms with E-state index >= 15 is 0 Å². The highest BCUT2D eigenvalue weighted by molar-refractivity contribution is 6.08. The van der Waals surface area contributed by atoms with Crippen LogP contribution in [0.15, 0.2) is 48.8 Å². The Labute approximate surface area is 286 Å². The van der Waals surface area contributed by atoms with E-state index in [2.05, 4.69) is 38.0 Å². The summed E-state index contributed by atoms with van der Waals surface area (Å²) in [4.78, 5) is 50.8. The number of allylic oxidation sites excluding steroid dienone is 1. The lowest BCUT2D eigenvalue weighted by Gasteiger charge is -2.36. The molecule has 2 aromatic carbocycles. The fourth-order valence-electron chi connectivity index (χ4n) is 7.48. The summed E-state index contributed by atoms with van der Waals surface area (Å²) in [6, 6.07) is 11.6. The van der Waals surface area contributed by atoms with Crippen LogP contribution in [0.25, 0.3) is 16.6 Å². The van der Waals surface area contributed by atoms with Gasteiger partial charge in [-0.25, -0.2) is 4.98 Å². The van der Waals surface area contributed by atoms with Crippen molar-refractivity contribution in [2.75, 3.05) is 38.2 Å². The molecule has 3 aromatic rings. The Kier molecular flexibility index (Phi) is 9.67. The second kappa shape index (κ2) is 14.4. The first-order valence-electron chi connectivity index (χ1n) is 17.4. The van der Waals surface area contributed by atoms with Crippen molar-refractivity contribution < 1.29 is 19.1 Å². The molecule has 12 nitrogen and oxygen atoms in total. The summed E-state index contributed by atoms with van der Waals surface area (Å²) < 4.78 is 5.47. The van der Waals surface area contributed by atoms with Crippen LogP contribution in [-0.2, 0) is 20.9 Å². The molecule has 3 fully saturated rings. The van der Waals surface area contributed by atoms with Crippen LogP contribution >= 0.6 is 0 Å². The highest BCUT2D eigenvalue weighted by Gasteiger charge is 2.43. The summed E-state index contributed by atoms with van der Waals surface area (Å²) in [5.41, 5.74) is 6.71. The van der Waals surface area contributed by atoms with Crippen molar-refractivity contribution in [3.05, 3.63) is 71.2 Å². The average molecular weight is 665 g/mol. The van der Waals surface area contributed by atoms with E-state index < -0.39 is 11.9 Å². The molecule has 4 aliphatic rings. The number of ether oxygens (including phenoxy) is 1. The predicted octanol–water partition coefficient (Wildman–Crippen LogP) is 4.03. The molecular formula is C37H44N8O4. The third-order valence-corrected chi connectivity index (χ3v) is 10.3. The summed E-state index contributed by atoms with van der Waals surface area (Å²) >= 11 is 0. The number of aromatic nitrogens is 2. The topological polar surface area (TPSA) is 153 Å². The van der Waals surface area contributed by atoms with Gasteiger partial charge in [0.25, 0.3) is 5.91 Å². The third kappa shape index (κ3) is 7.20. The van der Waals surface area contributed by atoms with Crippen LogP contribution < -0.4 is 16.0 Å². The number of imide groups is 1. The maximum atomic E-state index is 13.3. The summed E-state index contributed by atoms with van der Waals surface area (Å²) in [7, 11) is 0. The molecule has 0 bridgehead atoms. The number of fused-ring (bicyclic) bond motifs is 2. The van der Waals surface area contributed by atoms with Crippen LogP contribution in [0.5, 0.6) is 0 Å². The van der Waals surface area contributed by atoms with Crippen molar-refractivity contribution in [3.8, 4) is 0 Å². The molecule has 12 heteroatoms. The van der Waals surface area contributed by atoms with Crippen molar-refractivity contribution in [2.45, 2.75) is 70.1 Å². The number of carbonyl (C=O) groups is 3. The van der Waals surface area contributed by atoms with E-state index in [1.165, 1.54) is 11.8 Å². The minimum absolute atomic E-state index is 0.157. The Hall–Kier alpha value is -4.68. The predicted molar refractivity (Wildman–Crippen MR) is 187 cm³/mol. The van der Waals surface area contributed by atoms with Gasteiger partial charge in [0, 0.05) is 67.9 Å². The SMILES string of the molecule is CC1c2ccc(NCCCC3CC(N/C=C(\C=N)c4cnc5ccc(CN6CCOCC6)cc5n4)C3)cc2C(=O)N1C1CCC(=O)NC1=O. The second-order valence-corrected chi connectivity index (χ2v) is 13.6. The summed E-state index contributed by atoms with van der Waals surface area (Å²) in [6.07, 6.45) is 9.87. The van der Waals surface area contributed by atoms with Crippen molar-refractivity contribution in [3.63, 3.8) is 0 Å². The lowest BCUT2D eigenvalue weighted by molar-refractivity contribution is -0.137. The highest BCUT2D eigenvalue weighted by atomic mass is 16.5. The Morgan fingerprint density at radius 1 is 1.10 bits per heavy atom. The lowest BCUT2D eigenvalue weighted by atomic mass is 9.77. The molecule has 1 saturated carbocycles. The molecule has 0 spiro atoms. The van der Waals surface area contributed by atoms with Crippen LogP contribution in [-0.4, -0.2) is 88.6 Å². The first-order valence-corrected chi connectivity index (χ1v) is 17.4. The first-order chi connectivity index (χ1) is 23.9. The van der Waals surface area contributed by atoms with Gasteiger partial charge >= 0.3 is 0 Å². The average Bonchev–Trinajstić information content (AvgIpc) is 3.33. The van der Waals surface area contributed by atoms with Gasteiger partial charge in [0.05, 0.1) is 42.2 Å². The fraction of sp³-hybridized carbons (Fsp3) is 0.459. The van der Waals surface area contributed by atoms with E-state index in [9.17, 15) is 14.4 Å². The van der Waals surface area contributed by atoms with Crippen LogP contribution in [0.1, 0.15) is 78.7 Å². The molecule has 1 aromatic heterocycles. The van der Waals surface area contributed by atoms with E-state index in [0.717, 1.165) is 87.4 Å². The Balaban J connectivity index is 0.860. The number of amides is 3. The van der Waals surface area contributed by atoms with Gasteiger partial charge in [-0.05, 0) is 80.3 Å². The van der Waals surface area contributed by atoms with Crippen molar-refractivity contribution in [1.82, 2.24) is 30.4 Å². The van der Waals surface area contributed by atoms with Gasteiger partial charge in [-0.2, -0.15) is 0 Å². The largest absolute Gasteiger partial charge is 0.388 e. The van der Waals surface area contributed by atoms with E-state index in [-0.39, 0.29) is 24.3 Å². The zero-order valence-corrected chi connectivity index (χ0v) is 27.9. The first kappa shape index (κ1) is 32.8. The number of hydrogen-bond acceptors (Lipinski definition) is 10. The van der Waals surface area contributed by atoms with E-state index in [1.54, 1.807) is 11.1 Å². The Morgan fingerprint density at radius 3 is 2.73 bits per heavy atom. The molecule has 0 radical (unpaired) electrons. The quantitative estimate of drug-likeness (QED) is 0.128.